The van der Waals surface area contributed by atoms with Crippen LogP contribution in [0.15, 0.2) is 65.8 Å². The van der Waals surface area contributed by atoms with Crippen LogP contribution in [0.3, 0.4) is 0 Å². The van der Waals surface area contributed by atoms with Crippen molar-refractivity contribution >= 4 is 22.5 Å². The molecule has 0 bridgehead atoms. The molecule has 208 valence electrons. The van der Waals surface area contributed by atoms with Crippen LogP contribution in [-0.2, 0) is 0 Å². The van der Waals surface area contributed by atoms with E-state index in [9.17, 15) is 23.2 Å². The number of methoxy groups -OCH3 is 1. The largest absolute Gasteiger partial charge is 0.492 e. The van der Waals surface area contributed by atoms with Gasteiger partial charge in [-0.25, -0.2) is 32.8 Å². The number of benzene rings is 2. The number of hydrogen-bond donors (Lipinski definition) is 1. The number of aromatic nitrogens is 6. The van der Waals surface area contributed by atoms with Crippen molar-refractivity contribution in [2.75, 3.05) is 12.8 Å². The van der Waals surface area contributed by atoms with Crippen molar-refractivity contribution in [1.29, 1.82) is 5.26 Å². The van der Waals surface area contributed by atoms with E-state index in [0.717, 1.165) is 16.7 Å². The van der Waals surface area contributed by atoms with Gasteiger partial charge < -0.3 is 10.5 Å². The fourth-order valence-corrected chi connectivity index (χ4v) is 4.95. The molecule has 2 N–H and O–H groups in total. The van der Waals surface area contributed by atoms with Crippen molar-refractivity contribution in [2.45, 2.75) is 13.0 Å². The molecular weight excluding hydrogens is 549 g/mol. The minimum absolute atomic E-state index is 0.0135. The maximum atomic E-state index is 14.9. The van der Waals surface area contributed by atoms with Gasteiger partial charge in [-0.2, -0.15) is 10.4 Å². The number of nitrogens with zero attached hydrogens (tertiary/aromatic N) is 7. The van der Waals surface area contributed by atoms with Gasteiger partial charge in [-0.3, -0.25) is 9.20 Å². The fraction of sp³-hybridized carbons (Fsp3) is 0.103. The Morgan fingerprint density at radius 1 is 1.05 bits per heavy atom. The van der Waals surface area contributed by atoms with Gasteiger partial charge in [-0.05, 0) is 48.9 Å². The third-order valence-electron chi connectivity index (χ3n) is 6.85. The number of nitriles is 1. The molecule has 0 saturated heterocycles. The van der Waals surface area contributed by atoms with Crippen molar-refractivity contribution in [3.8, 4) is 34.2 Å². The molecule has 0 aliphatic heterocycles. The third-order valence-corrected chi connectivity index (χ3v) is 6.85. The van der Waals surface area contributed by atoms with E-state index in [1.165, 1.54) is 54.5 Å². The second-order valence-corrected chi connectivity index (χ2v) is 9.34. The van der Waals surface area contributed by atoms with Crippen LogP contribution in [0.4, 0.5) is 19.0 Å². The van der Waals surface area contributed by atoms with Gasteiger partial charge in [0.1, 0.15) is 41.2 Å². The van der Waals surface area contributed by atoms with E-state index in [1.807, 2.05) is 6.07 Å². The van der Waals surface area contributed by atoms with Gasteiger partial charge >= 0.3 is 0 Å². The Labute approximate surface area is 235 Å². The highest BCUT2D eigenvalue weighted by Gasteiger charge is 2.27. The Hall–Kier alpha value is -5.77. The van der Waals surface area contributed by atoms with E-state index in [4.69, 9.17) is 10.5 Å². The van der Waals surface area contributed by atoms with E-state index in [2.05, 4.69) is 20.1 Å². The summed E-state index contributed by atoms with van der Waals surface area (Å²) in [6.45, 7) is 1.69. The minimum atomic E-state index is -0.838. The first-order valence-corrected chi connectivity index (χ1v) is 12.5. The van der Waals surface area contributed by atoms with E-state index in [0.29, 0.717) is 0 Å². The number of hydrogen-bond acceptors (Lipinski definition) is 8. The molecule has 0 amide bonds. The van der Waals surface area contributed by atoms with Crippen LogP contribution >= 0.6 is 0 Å². The lowest BCUT2D eigenvalue weighted by molar-refractivity contribution is 0.385. The van der Waals surface area contributed by atoms with Crippen LogP contribution in [0.5, 0.6) is 5.75 Å². The number of halogens is 3. The summed E-state index contributed by atoms with van der Waals surface area (Å²) in [6, 6.07) is 11.5. The zero-order chi connectivity index (χ0) is 29.7. The Kier molecular flexibility index (Phi) is 6.30. The molecule has 0 aliphatic carbocycles. The highest BCUT2D eigenvalue weighted by molar-refractivity contribution is 5.98. The molecular formula is C29H19F3N8O2. The molecule has 2 aromatic carbocycles. The fourth-order valence-electron chi connectivity index (χ4n) is 4.95. The standard InChI is InChI=1S/C29H19F3N8O2/c1-14(24-22(15-4-3-5-18(30)9-15)29(41)39-12-19(31)6-7-21(39)37-24)40-28-23(27(34)35-13-36-28)25(38-40)16-8-17(11-33)26(42-2)20(32)10-16/h3-10,12-14H,1-2H3,(H2,34,35,36). The Bertz CT molecular complexity index is 2150. The van der Waals surface area contributed by atoms with Crippen LogP contribution in [0.1, 0.15) is 24.2 Å². The summed E-state index contributed by atoms with van der Waals surface area (Å²) in [5, 5.41) is 14.5. The van der Waals surface area contributed by atoms with Crippen LogP contribution in [0.25, 0.3) is 39.1 Å². The molecule has 0 spiro atoms. The van der Waals surface area contributed by atoms with Crippen LogP contribution in [0, 0.1) is 28.8 Å². The van der Waals surface area contributed by atoms with Crippen molar-refractivity contribution in [2.24, 2.45) is 0 Å². The lowest BCUT2D eigenvalue weighted by Gasteiger charge is -2.18. The SMILES string of the molecule is COc1c(F)cc(-c2nn(C(C)c3nc4ccc(F)cn4c(=O)c3-c3cccc(F)c3)c3ncnc(N)c23)cc1C#N. The maximum Gasteiger partial charge on any atom is 0.266 e. The molecule has 1 unspecified atom stereocenters. The number of anilines is 1. The van der Waals surface area contributed by atoms with E-state index in [1.54, 1.807) is 13.0 Å². The summed E-state index contributed by atoms with van der Waals surface area (Å²) in [4.78, 5) is 26.8. The van der Waals surface area contributed by atoms with Gasteiger partial charge in [-0.15, -0.1) is 0 Å². The number of nitrogen functional groups attached to an aromatic ring is 1. The summed E-state index contributed by atoms with van der Waals surface area (Å²) >= 11 is 0. The molecule has 13 heteroatoms. The lowest BCUT2D eigenvalue weighted by Crippen LogP contribution is -2.23. The summed E-state index contributed by atoms with van der Waals surface area (Å²) in [7, 11) is 1.25. The highest BCUT2D eigenvalue weighted by atomic mass is 19.1. The van der Waals surface area contributed by atoms with Gasteiger partial charge in [0, 0.05) is 11.8 Å². The minimum Gasteiger partial charge on any atom is -0.492 e. The summed E-state index contributed by atoms with van der Waals surface area (Å²) in [5.41, 5.74) is 6.69. The highest BCUT2D eigenvalue weighted by Crippen LogP contribution is 2.37. The third kappa shape index (κ3) is 4.17. The number of ether oxygens (including phenoxy) is 1. The number of pyridine rings is 1. The first-order valence-electron chi connectivity index (χ1n) is 12.5. The van der Waals surface area contributed by atoms with Gasteiger partial charge in [-0.1, -0.05) is 12.1 Å². The van der Waals surface area contributed by atoms with Crippen LogP contribution in [0.2, 0.25) is 0 Å². The zero-order valence-corrected chi connectivity index (χ0v) is 22.0. The van der Waals surface area contributed by atoms with Crippen molar-refractivity contribution < 1.29 is 17.9 Å². The average molecular weight is 569 g/mol. The number of nitrogens with two attached hydrogens (primary N) is 1. The van der Waals surface area contributed by atoms with E-state index < -0.39 is 29.1 Å². The predicted molar refractivity (Wildman–Crippen MR) is 147 cm³/mol. The van der Waals surface area contributed by atoms with Gasteiger partial charge in [0.25, 0.3) is 5.56 Å². The summed E-state index contributed by atoms with van der Waals surface area (Å²) in [5.74, 6) is -2.22. The molecule has 4 aromatic heterocycles. The lowest BCUT2D eigenvalue weighted by atomic mass is 10.0. The quantitative estimate of drug-likeness (QED) is 0.317. The average Bonchev–Trinajstić information content (AvgIpc) is 3.37. The summed E-state index contributed by atoms with van der Waals surface area (Å²) < 4.78 is 50.8. The topological polar surface area (TPSA) is 137 Å². The van der Waals surface area contributed by atoms with E-state index >= 15 is 0 Å². The Balaban J connectivity index is 1.64. The molecule has 0 aliphatic rings. The van der Waals surface area contributed by atoms with Crippen LogP contribution in [-0.4, -0.2) is 36.2 Å². The molecule has 0 fully saturated rings. The van der Waals surface area contributed by atoms with Crippen molar-refractivity contribution in [3.63, 3.8) is 0 Å². The second kappa shape index (κ2) is 10.0. The zero-order valence-electron chi connectivity index (χ0n) is 22.0. The number of fused-ring (bicyclic) bond motifs is 2. The maximum absolute atomic E-state index is 14.9. The molecule has 1 atom stereocenters. The van der Waals surface area contributed by atoms with Crippen molar-refractivity contribution in [3.05, 3.63) is 100 Å². The van der Waals surface area contributed by atoms with Gasteiger partial charge in [0.15, 0.2) is 17.2 Å². The summed E-state index contributed by atoms with van der Waals surface area (Å²) in [6.07, 6.45) is 2.23. The second-order valence-electron chi connectivity index (χ2n) is 9.34. The first-order chi connectivity index (χ1) is 20.2. The Morgan fingerprint density at radius 2 is 1.86 bits per heavy atom. The molecule has 6 rings (SSSR count). The monoisotopic (exact) mass is 568 g/mol. The molecule has 6 aromatic rings. The molecule has 0 saturated carbocycles. The normalized spacial score (nSPS) is 12.0. The van der Waals surface area contributed by atoms with Crippen molar-refractivity contribution in [1.82, 2.24) is 29.1 Å². The Morgan fingerprint density at radius 3 is 2.60 bits per heavy atom. The van der Waals surface area contributed by atoms with Gasteiger partial charge in [0.2, 0.25) is 0 Å². The number of rotatable bonds is 5. The van der Waals surface area contributed by atoms with Gasteiger partial charge in [0.05, 0.1) is 35.4 Å². The smallest absolute Gasteiger partial charge is 0.266 e. The molecule has 10 nitrogen and oxygen atoms in total. The molecule has 0 radical (unpaired) electrons. The first kappa shape index (κ1) is 26.5. The molecule has 4 heterocycles. The van der Waals surface area contributed by atoms with E-state index in [-0.39, 0.29) is 61.9 Å². The van der Waals surface area contributed by atoms with Crippen LogP contribution < -0.4 is 16.0 Å². The molecule has 42 heavy (non-hydrogen) atoms. The predicted octanol–water partition coefficient (Wildman–Crippen LogP) is 4.66.